The van der Waals surface area contributed by atoms with Gasteiger partial charge in [0.05, 0.1) is 16.8 Å². The number of nitrogens with zero attached hydrogens (tertiary/aromatic N) is 5. The van der Waals surface area contributed by atoms with Gasteiger partial charge in [-0.3, -0.25) is 14.9 Å². The van der Waals surface area contributed by atoms with Crippen LogP contribution in [0, 0.1) is 0 Å². The van der Waals surface area contributed by atoms with Crippen LogP contribution in [0.25, 0.3) is 34.3 Å². The second kappa shape index (κ2) is 10.5. The maximum absolute atomic E-state index is 13.0. The Morgan fingerprint density at radius 2 is 1.89 bits per heavy atom. The largest absolute Gasteiger partial charge is 0.367 e. The van der Waals surface area contributed by atoms with E-state index in [1.54, 1.807) is 6.20 Å². The number of H-pyrrole nitrogens is 1. The first-order chi connectivity index (χ1) is 18.3. The Bertz CT molecular complexity index is 1390. The van der Waals surface area contributed by atoms with Crippen LogP contribution in [-0.4, -0.2) is 69.7 Å². The Hall–Kier alpha value is -4.04. The number of nitrogens with one attached hydrogen (secondary N) is 2. The van der Waals surface area contributed by atoms with E-state index in [2.05, 4.69) is 49.7 Å². The summed E-state index contributed by atoms with van der Waals surface area (Å²) in [5.41, 5.74) is 5.90. The normalized spacial score (nSPS) is 18.2. The van der Waals surface area contributed by atoms with E-state index in [-0.39, 0.29) is 5.91 Å². The van der Waals surface area contributed by atoms with Crippen molar-refractivity contribution in [1.82, 2.24) is 30.4 Å². The molecule has 1 amide bonds. The van der Waals surface area contributed by atoms with E-state index < -0.39 is 0 Å². The Morgan fingerprint density at radius 1 is 1.03 bits per heavy atom. The summed E-state index contributed by atoms with van der Waals surface area (Å²) < 4.78 is 0. The summed E-state index contributed by atoms with van der Waals surface area (Å²) in [5, 5.41) is 12.2. The van der Waals surface area contributed by atoms with E-state index in [0.29, 0.717) is 31.2 Å². The number of hydrogen-bond donors (Lipinski definition) is 2. The van der Waals surface area contributed by atoms with Crippen molar-refractivity contribution in [2.45, 2.75) is 25.3 Å². The topological polar surface area (TPSA) is 90.0 Å². The van der Waals surface area contributed by atoms with Gasteiger partial charge in [-0.05, 0) is 42.7 Å². The van der Waals surface area contributed by atoms with E-state index in [9.17, 15) is 4.79 Å². The second-order valence-corrected chi connectivity index (χ2v) is 9.71. The second-order valence-electron chi connectivity index (χ2n) is 9.71. The number of fused-ring (bicyclic) bond motifs is 1. The van der Waals surface area contributed by atoms with Crippen LogP contribution in [0.5, 0.6) is 0 Å². The van der Waals surface area contributed by atoms with Crippen LogP contribution in [0.15, 0.2) is 61.1 Å². The number of rotatable bonds is 6. The average Bonchev–Trinajstić information content (AvgIpc) is 3.62. The molecule has 2 saturated heterocycles. The van der Waals surface area contributed by atoms with Crippen LogP contribution in [0.4, 0.5) is 5.69 Å². The SMILES string of the molecule is O=C(CC1CCCN1)N1CCN(c2c(-c3ccccc3)cnc3n[nH]c(C=Cc4cccnc4)c23)CC1. The Balaban J connectivity index is 1.33. The highest BCUT2D eigenvalue weighted by Crippen LogP contribution is 2.38. The van der Waals surface area contributed by atoms with E-state index in [4.69, 9.17) is 4.98 Å². The highest BCUT2D eigenvalue weighted by atomic mass is 16.2. The molecule has 2 N–H and O–H groups in total. The number of carbonyl (C=O) groups is 1. The van der Waals surface area contributed by atoms with Crippen LogP contribution in [0.2, 0.25) is 0 Å². The van der Waals surface area contributed by atoms with Crippen molar-refractivity contribution in [2.75, 3.05) is 37.6 Å². The van der Waals surface area contributed by atoms with Crippen molar-refractivity contribution >= 4 is 34.8 Å². The molecule has 0 radical (unpaired) electrons. The highest BCUT2D eigenvalue weighted by Gasteiger charge is 2.28. The van der Waals surface area contributed by atoms with Crippen LogP contribution in [-0.2, 0) is 4.79 Å². The lowest BCUT2D eigenvalue weighted by Gasteiger charge is -2.37. The average molecular weight is 494 g/mol. The summed E-state index contributed by atoms with van der Waals surface area (Å²) >= 11 is 0. The minimum Gasteiger partial charge on any atom is -0.367 e. The molecular weight excluding hydrogens is 462 g/mol. The third kappa shape index (κ3) is 4.97. The first kappa shape index (κ1) is 23.4. The number of aromatic nitrogens is 4. The minimum atomic E-state index is 0.255. The van der Waals surface area contributed by atoms with Gasteiger partial charge in [0, 0.05) is 62.8 Å². The van der Waals surface area contributed by atoms with Gasteiger partial charge < -0.3 is 15.1 Å². The van der Waals surface area contributed by atoms with Gasteiger partial charge in [-0.15, -0.1) is 0 Å². The maximum Gasteiger partial charge on any atom is 0.224 e. The molecule has 37 heavy (non-hydrogen) atoms. The standard InChI is InChI=1S/C29H31N7O/c37-26(18-23-9-5-13-31-23)35-14-16-36(17-15-35)28-24(22-7-2-1-3-8-22)20-32-29-27(28)25(33-34-29)11-10-21-6-4-12-30-19-21/h1-4,6-8,10-12,19-20,23,31H,5,9,13-18H2,(H,32,33,34). The zero-order valence-electron chi connectivity index (χ0n) is 20.8. The highest BCUT2D eigenvalue weighted by molar-refractivity contribution is 6.03. The van der Waals surface area contributed by atoms with Crippen LogP contribution in [0.1, 0.15) is 30.5 Å². The molecule has 4 aromatic rings. The van der Waals surface area contributed by atoms with E-state index >= 15 is 0 Å². The molecule has 2 aliphatic rings. The first-order valence-corrected chi connectivity index (χ1v) is 13.0. The number of anilines is 1. The lowest BCUT2D eigenvalue weighted by Crippen LogP contribution is -2.50. The predicted octanol–water partition coefficient (Wildman–Crippen LogP) is 3.98. The molecule has 3 aromatic heterocycles. The lowest BCUT2D eigenvalue weighted by atomic mass is 10.0. The fourth-order valence-electron chi connectivity index (χ4n) is 5.38. The Labute approximate surface area is 216 Å². The lowest BCUT2D eigenvalue weighted by molar-refractivity contribution is -0.131. The fraction of sp³-hybridized carbons (Fsp3) is 0.310. The minimum absolute atomic E-state index is 0.255. The quantitative estimate of drug-likeness (QED) is 0.422. The van der Waals surface area contributed by atoms with Crippen LogP contribution >= 0.6 is 0 Å². The van der Waals surface area contributed by atoms with Crippen molar-refractivity contribution in [3.63, 3.8) is 0 Å². The summed E-state index contributed by atoms with van der Waals surface area (Å²) in [6.45, 7) is 3.97. The van der Waals surface area contributed by atoms with Gasteiger partial charge in [-0.2, -0.15) is 5.10 Å². The molecule has 5 heterocycles. The maximum atomic E-state index is 13.0. The Morgan fingerprint density at radius 3 is 2.65 bits per heavy atom. The zero-order chi connectivity index (χ0) is 25.0. The third-order valence-electron chi connectivity index (χ3n) is 7.33. The first-order valence-electron chi connectivity index (χ1n) is 13.0. The van der Waals surface area contributed by atoms with Gasteiger partial charge in [0.25, 0.3) is 0 Å². The van der Waals surface area contributed by atoms with Gasteiger partial charge in [0.2, 0.25) is 5.91 Å². The third-order valence-corrected chi connectivity index (χ3v) is 7.33. The number of carbonyl (C=O) groups excluding carboxylic acids is 1. The van der Waals surface area contributed by atoms with E-state index in [1.807, 2.05) is 47.6 Å². The molecule has 188 valence electrons. The van der Waals surface area contributed by atoms with E-state index in [1.165, 1.54) is 0 Å². The van der Waals surface area contributed by atoms with Crippen LogP contribution in [0.3, 0.4) is 0 Å². The molecule has 1 unspecified atom stereocenters. The van der Waals surface area contributed by atoms with Gasteiger partial charge in [-0.1, -0.05) is 42.5 Å². The number of hydrogen-bond acceptors (Lipinski definition) is 6. The van der Waals surface area contributed by atoms with Gasteiger partial charge in [-0.25, -0.2) is 4.98 Å². The molecule has 0 aliphatic carbocycles. The molecular formula is C29H31N7O. The molecule has 1 aromatic carbocycles. The zero-order valence-corrected chi connectivity index (χ0v) is 20.8. The molecule has 0 spiro atoms. The number of aromatic amines is 1. The van der Waals surface area contributed by atoms with Gasteiger partial charge in [0.15, 0.2) is 5.65 Å². The molecule has 8 nitrogen and oxygen atoms in total. The predicted molar refractivity (Wildman–Crippen MR) is 147 cm³/mol. The molecule has 2 fully saturated rings. The number of pyridine rings is 2. The molecule has 1 atom stereocenters. The van der Waals surface area contributed by atoms with Crippen molar-refractivity contribution in [2.24, 2.45) is 0 Å². The summed E-state index contributed by atoms with van der Waals surface area (Å²) in [6.07, 6.45) is 12.5. The number of amides is 1. The summed E-state index contributed by atoms with van der Waals surface area (Å²) in [5.74, 6) is 0.255. The molecule has 8 heteroatoms. The monoisotopic (exact) mass is 493 g/mol. The summed E-state index contributed by atoms with van der Waals surface area (Å²) in [4.78, 5) is 26.3. The number of piperazine rings is 1. The van der Waals surface area contributed by atoms with E-state index in [0.717, 1.165) is 65.9 Å². The molecule has 0 saturated carbocycles. The van der Waals surface area contributed by atoms with Gasteiger partial charge in [0.1, 0.15) is 0 Å². The summed E-state index contributed by atoms with van der Waals surface area (Å²) in [7, 11) is 0. The molecule has 0 bridgehead atoms. The Kier molecular flexibility index (Phi) is 6.64. The molecule has 2 aliphatic heterocycles. The van der Waals surface area contributed by atoms with Crippen molar-refractivity contribution in [1.29, 1.82) is 0 Å². The number of benzene rings is 1. The summed E-state index contributed by atoms with van der Waals surface area (Å²) in [6, 6.07) is 14.6. The van der Waals surface area contributed by atoms with Crippen LogP contribution < -0.4 is 10.2 Å². The van der Waals surface area contributed by atoms with Gasteiger partial charge >= 0.3 is 0 Å². The molecule has 6 rings (SSSR count). The van der Waals surface area contributed by atoms with Crippen molar-refractivity contribution < 1.29 is 4.79 Å². The fourth-order valence-corrected chi connectivity index (χ4v) is 5.38. The van der Waals surface area contributed by atoms with Crippen molar-refractivity contribution in [3.05, 3.63) is 72.3 Å². The van der Waals surface area contributed by atoms with Crippen molar-refractivity contribution in [3.8, 4) is 11.1 Å². The smallest absolute Gasteiger partial charge is 0.224 e.